The number of hydrogen-bond acceptors (Lipinski definition) is 3. The van der Waals surface area contributed by atoms with Crippen LogP contribution in [0.25, 0.3) is 10.9 Å². The standard InChI is InChI=1S/C34H53N3O2/c1-2-3-4-5-6-7-8-9-10-11-12-13-14-15-16-17-18-20-33(38)35-26-24-29-28-37-32-23-22-30(27-31(29)32)39-34-21-19-25-36-34/h19,22-23,25,27-28,37H,2-18,20-21,24,26H2,1H3,(H,35,38). The first kappa shape index (κ1) is 31.0. The van der Waals surface area contributed by atoms with E-state index in [-0.39, 0.29) is 5.91 Å². The molecule has 2 aromatic rings. The Kier molecular flexibility index (Phi) is 15.5. The van der Waals surface area contributed by atoms with E-state index in [1.165, 1.54) is 102 Å². The van der Waals surface area contributed by atoms with E-state index in [0.29, 0.717) is 13.0 Å². The number of aromatic amines is 1. The van der Waals surface area contributed by atoms with Gasteiger partial charge in [0, 0.05) is 42.7 Å². The lowest BCUT2D eigenvalue weighted by atomic mass is 10.0. The highest BCUT2D eigenvalue weighted by atomic mass is 16.5. The molecule has 2 N–H and O–H groups in total. The SMILES string of the molecule is CCCCCCCCCCCCCCCCCCCC(=O)NCCc1c[nH]c2ccc(OC3=NC=CC3)cc12. The normalized spacial score (nSPS) is 12.8. The lowest BCUT2D eigenvalue weighted by Crippen LogP contribution is -2.25. The van der Waals surface area contributed by atoms with Crippen molar-refractivity contribution in [3.05, 3.63) is 42.2 Å². The largest absolute Gasteiger partial charge is 0.443 e. The van der Waals surface area contributed by atoms with E-state index in [1.54, 1.807) is 6.20 Å². The minimum Gasteiger partial charge on any atom is -0.443 e. The Morgan fingerprint density at radius 3 is 2.08 bits per heavy atom. The molecule has 39 heavy (non-hydrogen) atoms. The average Bonchev–Trinajstić information content (AvgIpc) is 3.60. The van der Waals surface area contributed by atoms with Gasteiger partial charge in [-0.3, -0.25) is 4.79 Å². The van der Waals surface area contributed by atoms with Crippen molar-refractivity contribution in [1.82, 2.24) is 10.3 Å². The number of ether oxygens (including phenoxy) is 1. The molecule has 216 valence electrons. The smallest absolute Gasteiger partial charge is 0.220 e. The molecule has 0 unspecified atom stereocenters. The van der Waals surface area contributed by atoms with Crippen LogP contribution in [0, 0.1) is 0 Å². The summed E-state index contributed by atoms with van der Waals surface area (Å²) in [6.07, 6.45) is 31.1. The molecule has 1 amide bonds. The maximum Gasteiger partial charge on any atom is 0.220 e. The van der Waals surface area contributed by atoms with Gasteiger partial charge in [0.15, 0.2) is 5.90 Å². The lowest BCUT2D eigenvalue weighted by molar-refractivity contribution is -0.121. The van der Waals surface area contributed by atoms with Crippen LogP contribution in [0.15, 0.2) is 41.7 Å². The molecule has 1 aromatic heterocycles. The number of nitrogens with one attached hydrogen (secondary N) is 2. The molecule has 0 bridgehead atoms. The zero-order valence-corrected chi connectivity index (χ0v) is 24.6. The van der Waals surface area contributed by atoms with E-state index < -0.39 is 0 Å². The molecule has 3 rings (SSSR count). The molecule has 0 saturated heterocycles. The van der Waals surface area contributed by atoms with Gasteiger partial charge in [0.05, 0.1) is 0 Å². The van der Waals surface area contributed by atoms with E-state index in [0.717, 1.165) is 48.2 Å². The van der Waals surface area contributed by atoms with Crippen molar-refractivity contribution in [2.75, 3.05) is 6.54 Å². The minimum atomic E-state index is 0.173. The molecule has 2 heterocycles. The minimum absolute atomic E-state index is 0.173. The molecule has 1 aliphatic rings. The summed E-state index contributed by atoms with van der Waals surface area (Å²) in [6, 6.07) is 6.05. The summed E-state index contributed by atoms with van der Waals surface area (Å²) in [5, 5.41) is 4.24. The van der Waals surface area contributed by atoms with E-state index >= 15 is 0 Å². The van der Waals surface area contributed by atoms with E-state index in [4.69, 9.17) is 4.74 Å². The van der Waals surface area contributed by atoms with Crippen LogP contribution in [0.1, 0.15) is 134 Å². The Morgan fingerprint density at radius 2 is 1.49 bits per heavy atom. The van der Waals surface area contributed by atoms with E-state index in [2.05, 4.69) is 28.3 Å². The summed E-state index contributed by atoms with van der Waals surface area (Å²) in [7, 11) is 0. The Morgan fingerprint density at radius 1 is 0.872 bits per heavy atom. The number of unbranched alkanes of at least 4 members (excludes halogenated alkanes) is 16. The molecule has 0 fully saturated rings. The molecule has 1 aliphatic heterocycles. The Labute approximate surface area is 237 Å². The second-order valence-corrected chi connectivity index (χ2v) is 11.2. The molecule has 5 heteroatoms. The zero-order chi connectivity index (χ0) is 27.4. The molecule has 0 radical (unpaired) electrons. The summed E-state index contributed by atoms with van der Waals surface area (Å²) in [5.74, 6) is 1.70. The van der Waals surface area contributed by atoms with Crippen molar-refractivity contribution in [2.45, 2.75) is 135 Å². The summed E-state index contributed by atoms with van der Waals surface area (Å²) >= 11 is 0. The average molecular weight is 536 g/mol. The summed E-state index contributed by atoms with van der Waals surface area (Å²) in [5.41, 5.74) is 2.28. The van der Waals surface area contributed by atoms with Gasteiger partial charge in [-0.15, -0.1) is 0 Å². The molecule has 1 aromatic carbocycles. The van der Waals surface area contributed by atoms with Gasteiger partial charge in [-0.1, -0.05) is 116 Å². The third-order valence-corrected chi connectivity index (χ3v) is 7.81. The van der Waals surface area contributed by atoms with Gasteiger partial charge in [-0.25, -0.2) is 4.99 Å². The van der Waals surface area contributed by atoms with Crippen LogP contribution in [0.5, 0.6) is 5.75 Å². The Balaban J connectivity index is 1.13. The molecular weight excluding hydrogens is 482 g/mol. The van der Waals surface area contributed by atoms with Crippen molar-refractivity contribution in [3.63, 3.8) is 0 Å². The van der Waals surface area contributed by atoms with Gasteiger partial charge in [0.2, 0.25) is 5.91 Å². The van der Waals surface area contributed by atoms with Gasteiger partial charge < -0.3 is 15.0 Å². The molecule has 5 nitrogen and oxygen atoms in total. The second-order valence-electron chi connectivity index (χ2n) is 11.2. The van der Waals surface area contributed by atoms with E-state index in [9.17, 15) is 4.79 Å². The van der Waals surface area contributed by atoms with Crippen molar-refractivity contribution >= 4 is 22.7 Å². The number of nitrogens with zero attached hydrogens (tertiary/aromatic N) is 1. The van der Waals surface area contributed by atoms with Crippen LogP contribution < -0.4 is 10.1 Å². The quantitative estimate of drug-likeness (QED) is 0.147. The van der Waals surface area contributed by atoms with Crippen molar-refractivity contribution < 1.29 is 9.53 Å². The third kappa shape index (κ3) is 12.9. The fourth-order valence-corrected chi connectivity index (χ4v) is 5.41. The fourth-order valence-electron chi connectivity index (χ4n) is 5.41. The maximum absolute atomic E-state index is 12.3. The first-order valence-electron chi connectivity index (χ1n) is 16.0. The number of amides is 1. The molecule has 0 spiro atoms. The molecule has 0 aliphatic carbocycles. The van der Waals surface area contributed by atoms with Crippen LogP contribution in [-0.2, 0) is 11.2 Å². The first-order chi connectivity index (χ1) is 19.3. The van der Waals surface area contributed by atoms with Crippen LogP contribution in [0.4, 0.5) is 0 Å². The van der Waals surface area contributed by atoms with Crippen molar-refractivity contribution in [3.8, 4) is 5.75 Å². The predicted octanol–water partition coefficient (Wildman–Crippen LogP) is 9.56. The van der Waals surface area contributed by atoms with Crippen molar-refractivity contribution in [2.24, 2.45) is 4.99 Å². The Hall–Kier alpha value is -2.56. The number of H-pyrrole nitrogens is 1. The number of aromatic nitrogens is 1. The van der Waals surface area contributed by atoms with Gasteiger partial charge >= 0.3 is 0 Å². The van der Waals surface area contributed by atoms with Crippen LogP contribution in [0.2, 0.25) is 0 Å². The number of benzene rings is 1. The van der Waals surface area contributed by atoms with Crippen LogP contribution in [0.3, 0.4) is 0 Å². The second kappa shape index (κ2) is 19.5. The number of rotatable bonds is 22. The van der Waals surface area contributed by atoms with Gasteiger partial charge in [0.1, 0.15) is 5.75 Å². The van der Waals surface area contributed by atoms with E-state index in [1.807, 2.05) is 24.4 Å². The molecule has 0 atom stereocenters. The number of hydrogen-bond donors (Lipinski definition) is 2. The summed E-state index contributed by atoms with van der Waals surface area (Å²) in [6.45, 7) is 2.95. The third-order valence-electron chi connectivity index (χ3n) is 7.81. The predicted molar refractivity (Wildman–Crippen MR) is 166 cm³/mol. The topological polar surface area (TPSA) is 66.5 Å². The first-order valence-corrected chi connectivity index (χ1v) is 16.0. The maximum atomic E-state index is 12.3. The summed E-state index contributed by atoms with van der Waals surface area (Å²) < 4.78 is 5.88. The van der Waals surface area contributed by atoms with Crippen LogP contribution in [-0.4, -0.2) is 23.3 Å². The highest BCUT2D eigenvalue weighted by Gasteiger charge is 2.09. The highest BCUT2D eigenvalue weighted by molar-refractivity contribution is 5.87. The van der Waals surface area contributed by atoms with Gasteiger partial charge in [0.25, 0.3) is 0 Å². The van der Waals surface area contributed by atoms with Gasteiger partial charge in [-0.05, 0) is 36.6 Å². The van der Waals surface area contributed by atoms with Gasteiger partial charge in [-0.2, -0.15) is 0 Å². The summed E-state index contributed by atoms with van der Waals surface area (Å²) in [4.78, 5) is 19.8. The number of fused-ring (bicyclic) bond motifs is 1. The fraction of sp³-hybridized carbons (Fsp3) is 0.647. The lowest BCUT2D eigenvalue weighted by Gasteiger charge is -2.07. The molecule has 0 saturated carbocycles. The van der Waals surface area contributed by atoms with Crippen molar-refractivity contribution in [1.29, 1.82) is 0 Å². The monoisotopic (exact) mass is 535 g/mol. The number of aliphatic imine (C=N–C) groups is 1. The highest BCUT2D eigenvalue weighted by Crippen LogP contribution is 2.25. The number of carbonyl (C=O) groups is 1. The Bertz CT molecular complexity index is 1010. The molecular formula is C34H53N3O2. The van der Waals surface area contributed by atoms with Crippen LogP contribution >= 0.6 is 0 Å². The zero-order valence-electron chi connectivity index (χ0n) is 24.6. The number of carbonyl (C=O) groups excluding carboxylic acids is 1.